The second kappa shape index (κ2) is 7.23. The molecule has 0 spiro atoms. The maximum atomic E-state index is 11.4. The number of pyridine rings is 1. The topological polar surface area (TPSA) is 53.4 Å². The summed E-state index contributed by atoms with van der Waals surface area (Å²) in [6.45, 7) is 1.45. The Morgan fingerprint density at radius 1 is 1.26 bits per heavy atom. The molecule has 0 bridgehead atoms. The van der Waals surface area contributed by atoms with Crippen LogP contribution >= 0.6 is 15.9 Å². The minimum Gasteiger partial charge on any atom is -0.481 e. The molecule has 2 heterocycles. The average molecular weight is 375 g/mol. The lowest BCUT2D eigenvalue weighted by Crippen LogP contribution is -2.41. The van der Waals surface area contributed by atoms with E-state index in [1.807, 2.05) is 30.3 Å². The van der Waals surface area contributed by atoms with E-state index in [0.717, 1.165) is 35.1 Å². The van der Waals surface area contributed by atoms with Crippen molar-refractivity contribution in [2.45, 2.75) is 18.9 Å². The second-order valence-electron chi connectivity index (χ2n) is 5.88. The van der Waals surface area contributed by atoms with Crippen molar-refractivity contribution in [3.63, 3.8) is 0 Å². The first-order valence-corrected chi connectivity index (χ1v) is 8.57. The summed E-state index contributed by atoms with van der Waals surface area (Å²) >= 11 is 3.47. The molecule has 23 heavy (non-hydrogen) atoms. The molecule has 2 atom stereocenters. The number of hydrogen-bond acceptors (Lipinski definition) is 3. The zero-order chi connectivity index (χ0) is 16.2. The van der Waals surface area contributed by atoms with Gasteiger partial charge in [0.05, 0.1) is 17.7 Å². The number of piperidine rings is 1. The van der Waals surface area contributed by atoms with Crippen LogP contribution in [0.4, 0.5) is 0 Å². The number of carboxylic acids is 1. The monoisotopic (exact) mass is 374 g/mol. The minimum absolute atomic E-state index is 0.00792. The number of aromatic nitrogens is 1. The van der Waals surface area contributed by atoms with E-state index in [2.05, 4.69) is 37.9 Å². The molecule has 1 aromatic heterocycles. The fourth-order valence-electron chi connectivity index (χ4n) is 3.19. The van der Waals surface area contributed by atoms with Crippen molar-refractivity contribution in [3.05, 3.63) is 64.4 Å². The number of carbonyl (C=O) groups is 1. The molecule has 0 aliphatic carbocycles. The van der Waals surface area contributed by atoms with E-state index >= 15 is 0 Å². The van der Waals surface area contributed by atoms with Gasteiger partial charge in [0.25, 0.3) is 0 Å². The standard InChI is InChI=1S/C18H19BrN2O2/c19-15-8-6-13(7-9-15)17(16-5-1-2-10-20-16)21-11-3-4-14(12-21)18(22)23/h1-2,5-10,14,17H,3-4,11-12H2,(H,22,23). The van der Waals surface area contributed by atoms with Crippen LogP contribution < -0.4 is 0 Å². The van der Waals surface area contributed by atoms with Gasteiger partial charge in [-0.2, -0.15) is 0 Å². The molecule has 1 aliphatic rings. The molecular weight excluding hydrogens is 356 g/mol. The first-order valence-electron chi connectivity index (χ1n) is 7.78. The molecule has 3 rings (SSSR count). The Bertz CT molecular complexity index is 660. The summed E-state index contributed by atoms with van der Waals surface area (Å²) in [5.41, 5.74) is 2.10. The molecule has 0 radical (unpaired) electrons. The number of rotatable bonds is 4. The number of aliphatic carboxylic acids is 1. The van der Waals surface area contributed by atoms with Gasteiger partial charge in [-0.1, -0.05) is 34.1 Å². The highest BCUT2D eigenvalue weighted by Gasteiger charge is 2.31. The van der Waals surface area contributed by atoms with E-state index in [0.29, 0.717) is 6.54 Å². The van der Waals surface area contributed by atoms with Crippen LogP contribution in [-0.4, -0.2) is 34.0 Å². The summed E-state index contributed by atoms with van der Waals surface area (Å²) in [6, 6.07) is 14.1. The Hall–Kier alpha value is -1.72. The number of carboxylic acid groups (broad SMARTS) is 1. The maximum absolute atomic E-state index is 11.4. The number of nitrogens with zero attached hydrogens (tertiary/aromatic N) is 2. The summed E-state index contributed by atoms with van der Waals surface area (Å²) in [5.74, 6) is -1.00. The van der Waals surface area contributed by atoms with Crippen molar-refractivity contribution >= 4 is 21.9 Å². The van der Waals surface area contributed by atoms with Crippen molar-refractivity contribution in [3.8, 4) is 0 Å². The smallest absolute Gasteiger partial charge is 0.307 e. The molecule has 5 heteroatoms. The van der Waals surface area contributed by atoms with Gasteiger partial charge in [0.2, 0.25) is 0 Å². The molecule has 2 aromatic rings. The van der Waals surface area contributed by atoms with Gasteiger partial charge in [-0.25, -0.2) is 0 Å². The van der Waals surface area contributed by atoms with E-state index in [-0.39, 0.29) is 12.0 Å². The zero-order valence-electron chi connectivity index (χ0n) is 12.7. The van der Waals surface area contributed by atoms with Crippen LogP contribution in [0.3, 0.4) is 0 Å². The minimum atomic E-state index is -0.703. The third-order valence-corrected chi connectivity index (χ3v) is 4.85. The van der Waals surface area contributed by atoms with Gasteiger partial charge in [0.15, 0.2) is 0 Å². The lowest BCUT2D eigenvalue weighted by molar-refractivity contribution is -0.143. The summed E-state index contributed by atoms with van der Waals surface area (Å²) in [4.78, 5) is 18.2. The van der Waals surface area contributed by atoms with Gasteiger partial charge >= 0.3 is 5.97 Å². The highest BCUT2D eigenvalue weighted by molar-refractivity contribution is 9.10. The van der Waals surface area contributed by atoms with Crippen LogP contribution in [0.2, 0.25) is 0 Å². The first-order chi connectivity index (χ1) is 11.1. The second-order valence-corrected chi connectivity index (χ2v) is 6.80. The van der Waals surface area contributed by atoms with Crippen molar-refractivity contribution in [2.75, 3.05) is 13.1 Å². The SMILES string of the molecule is O=C(O)C1CCCN(C(c2ccc(Br)cc2)c2ccccn2)C1. The lowest BCUT2D eigenvalue weighted by atomic mass is 9.93. The summed E-state index contributed by atoms with van der Waals surface area (Å²) in [6.07, 6.45) is 3.44. The van der Waals surface area contributed by atoms with E-state index < -0.39 is 5.97 Å². The predicted octanol–water partition coefficient (Wildman–Crippen LogP) is 3.73. The maximum Gasteiger partial charge on any atom is 0.307 e. The van der Waals surface area contributed by atoms with Gasteiger partial charge in [0, 0.05) is 17.2 Å². The van der Waals surface area contributed by atoms with E-state index in [9.17, 15) is 9.90 Å². The molecule has 1 aromatic carbocycles. The largest absolute Gasteiger partial charge is 0.481 e. The third kappa shape index (κ3) is 3.79. The van der Waals surface area contributed by atoms with Crippen LogP contribution in [0.15, 0.2) is 53.1 Å². The van der Waals surface area contributed by atoms with Gasteiger partial charge in [-0.15, -0.1) is 0 Å². The fourth-order valence-corrected chi connectivity index (χ4v) is 3.46. The Kier molecular flexibility index (Phi) is 5.08. The normalized spacial score (nSPS) is 20.1. The van der Waals surface area contributed by atoms with Gasteiger partial charge in [-0.05, 0) is 49.2 Å². The van der Waals surface area contributed by atoms with Crippen molar-refractivity contribution in [1.29, 1.82) is 0 Å². The van der Waals surface area contributed by atoms with E-state index in [1.54, 1.807) is 6.20 Å². The Labute approximate surface area is 144 Å². The molecule has 2 unspecified atom stereocenters. The van der Waals surface area contributed by atoms with Crippen molar-refractivity contribution < 1.29 is 9.90 Å². The Morgan fingerprint density at radius 2 is 2.04 bits per heavy atom. The van der Waals surface area contributed by atoms with Crippen molar-refractivity contribution in [1.82, 2.24) is 9.88 Å². The van der Waals surface area contributed by atoms with Crippen LogP contribution in [0.5, 0.6) is 0 Å². The number of likely N-dealkylation sites (tertiary alicyclic amines) is 1. The fraction of sp³-hybridized carbons (Fsp3) is 0.333. The van der Waals surface area contributed by atoms with Gasteiger partial charge in [-0.3, -0.25) is 14.7 Å². The molecule has 4 nitrogen and oxygen atoms in total. The predicted molar refractivity (Wildman–Crippen MR) is 92.2 cm³/mol. The first kappa shape index (κ1) is 16.1. The third-order valence-electron chi connectivity index (χ3n) is 4.32. The lowest BCUT2D eigenvalue weighted by Gasteiger charge is -2.37. The highest BCUT2D eigenvalue weighted by atomic mass is 79.9. The Morgan fingerprint density at radius 3 is 2.70 bits per heavy atom. The van der Waals surface area contributed by atoms with Crippen LogP contribution in [0, 0.1) is 5.92 Å². The molecule has 1 fully saturated rings. The zero-order valence-corrected chi connectivity index (χ0v) is 14.3. The quantitative estimate of drug-likeness (QED) is 0.885. The van der Waals surface area contributed by atoms with E-state index in [4.69, 9.17) is 0 Å². The van der Waals surface area contributed by atoms with E-state index in [1.165, 1.54) is 0 Å². The molecule has 120 valence electrons. The summed E-state index contributed by atoms with van der Waals surface area (Å²) in [5, 5.41) is 9.37. The molecule has 1 aliphatic heterocycles. The summed E-state index contributed by atoms with van der Waals surface area (Å²) < 4.78 is 1.03. The number of benzene rings is 1. The number of hydrogen-bond donors (Lipinski definition) is 1. The molecule has 0 saturated carbocycles. The van der Waals surface area contributed by atoms with Crippen LogP contribution in [0.25, 0.3) is 0 Å². The van der Waals surface area contributed by atoms with Gasteiger partial charge in [0.1, 0.15) is 0 Å². The summed E-state index contributed by atoms with van der Waals surface area (Å²) in [7, 11) is 0. The highest BCUT2D eigenvalue weighted by Crippen LogP contribution is 2.32. The van der Waals surface area contributed by atoms with Crippen LogP contribution in [-0.2, 0) is 4.79 Å². The molecule has 1 saturated heterocycles. The molecule has 0 amide bonds. The molecule has 1 N–H and O–H groups in total. The van der Waals surface area contributed by atoms with Crippen LogP contribution in [0.1, 0.15) is 30.1 Å². The van der Waals surface area contributed by atoms with Gasteiger partial charge < -0.3 is 5.11 Å². The number of halogens is 1. The Balaban J connectivity index is 1.95. The molecular formula is C18H19BrN2O2. The van der Waals surface area contributed by atoms with Crippen molar-refractivity contribution in [2.24, 2.45) is 5.92 Å². The average Bonchev–Trinajstić information content (AvgIpc) is 2.58.